The maximum Gasteiger partial charge on any atom is 0.0318 e. The lowest BCUT2D eigenvalue weighted by Crippen LogP contribution is -2.31. The first-order valence-corrected chi connectivity index (χ1v) is 8.38. The van der Waals surface area contributed by atoms with Crippen molar-refractivity contribution in [3.63, 3.8) is 0 Å². The van der Waals surface area contributed by atoms with Crippen LogP contribution in [0.2, 0.25) is 0 Å². The third kappa shape index (κ3) is 2.81. The predicted molar refractivity (Wildman–Crippen MR) is 84.6 cm³/mol. The van der Waals surface area contributed by atoms with Crippen LogP contribution < -0.4 is 5.73 Å². The average Bonchev–Trinajstić information content (AvgIpc) is 2.71. The number of rotatable bonds is 2. The van der Waals surface area contributed by atoms with Crippen LogP contribution in [0.25, 0.3) is 0 Å². The molecule has 0 bridgehead atoms. The molecular formula is C18H30N2. The van der Waals surface area contributed by atoms with E-state index in [4.69, 9.17) is 5.73 Å². The summed E-state index contributed by atoms with van der Waals surface area (Å²) in [6.45, 7) is 8.34. The average molecular weight is 274 g/mol. The SMILES string of the molecule is CC1CCCC(Cn2ccc3c2CC(C)(C)CC3N)C1. The second-order valence-electron chi connectivity index (χ2n) is 8.16. The van der Waals surface area contributed by atoms with Gasteiger partial charge in [-0.3, -0.25) is 0 Å². The first kappa shape index (κ1) is 14.2. The molecule has 1 aromatic heterocycles. The van der Waals surface area contributed by atoms with Crippen molar-refractivity contribution in [1.82, 2.24) is 4.57 Å². The van der Waals surface area contributed by atoms with Crippen molar-refractivity contribution in [3.05, 3.63) is 23.5 Å². The van der Waals surface area contributed by atoms with Crippen LogP contribution in [0.1, 0.15) is 70.2 Å². The smallest absolute Gasteiger partial charge is 0.0318 e. The van der Waals surface area contributed by atoms with Crippen LogP contribution in [0.4, 0.5) is 0 Å². The summed E-state index contributed by atoms with van der Waals surface area (Å²) in [5, 5.41) is 0. The largest absolute Gasteiger partial charge is 0.351 e. The van der Waals surface area contributed by atoms with Crippen molar-refractivity contribution in [1.29, 1.82) is 0 Å². The van der Waals surface area contributed by atoms with Gasteiger partial charge in [-0.05, 0) is 54.6 Å². The zero-order valence-corrected chi connectivity index (χ0v) is 13.4. The molecule has 1 saturated carbocycles. The van der Waals surface area contributed by atoms with Gasteiger partial charge in [0.2, 0.25) is 0 Å². The van der Waals surface area contributed by atoms with Gasteiger partial charge in [0.25, 0.3) is 0 Å². The highest BCUT2D eigenvalue weighted by Crippen LogP contribution is 2.40. The van der Waals surface area contributed by atoms with Crippen LogP contribution >= 0.6 is 0 Å². The molecule has 2 nitrogen and oxygen atoms in total. The van der Waals surface area contributed by atoms with Crippen molar-refractivity contribution < 1.29 is 0 Å². The summed E-state index contributed by atoms with van der Waals surface area (Å²) in [5.41, 5.74) is 9.66. The molecule has 112 valence electrons. The van der Waals surface area contributed by atoms with Crippen molar-refractivity contribution in [2.45, 2.75) is 71.9 Å². The van der Waals surface area contributed by atoms with Crippen molar-refractivity contribution in [3.8, 4) is 0 Å². The lowest BCUT2D eigenvalue weighted by atomic mass is 9.74. The van der Waals surface area contributed by atoms with E-state index in [1.54, 1.807) is 0 Å². The summed E-state index contributed by atoms with van der Waals surface area (Å²) in [6.07, 6.45) is 10.3. The van der Waals surface area contributed by atoms with Crippen LogP contribution in [0, 0.1) is 17.3 Å². The molecule has 2 aliphatic carbocycles. The first-order valence-electron chi connectivity index (χ1n) is 8.38. The summed E-state index contributed by atoms with van der Waals surface area (Å²) in [6, 6.07) is 2.52. The molecule has 1 aromatic rings. The number of hydrogen-bond donors (Lipinski definition) is 1. The third-order valence-electron chi connectivity index (χ3n) is 5.43. The Morgan fingerprint density at radius 3 is 2.90 bits per heavy atom. The molecule has 3 unspecified atom stereocenters. The number of fused-ring (bicyclic) bond motifs is 1. The maximum absolute atomic E-state index is 6.38. The maximum atomic E-state index is 6.38. The highest BCUT2D eigenvalue weighted by Gasteiger charge is 2.32. The molecule has 3 atom stereocenters. The normalized spacial score (nSPS) is 32.9. The summed E-state index contributed by atoms with van der Waals surface area (Å²) >= 11 is 0. The van der Waals surface area contributed by atoms with E-state index in [1.165, 1.54) is 49.9 Å². The highest BCUT2D eigenvalue weighted by molar-refractivity contribution is 5.30. The Kier molecular flexibility index (Phi) is 3.70. The monoisotopic (exact) mass is 274 g/mol. The zero-order chi connectivity index (χ0) is 14.3. The highest BCUT2D eigenvalue weighted by atomic mass is 15.0. The van der Waals surface area contributed by atoms with Gasteiger partial charge in [0.05, 0.1) is 0 Å². The zero-order valence-electron chi connectivity index (χ0n) is 13.4. The molecule has 2 aliphatic rings. The van der Waals surface area contributed by atoms with Gasteiger partial charge < -0.3 is 10.3 Å². The van der Waals surface area contributed by atoms with Crippen LogP contribution in [0.3, 0.4) is 0 Å². The lowest BCUT2D eigenvalue weighted by Gasteiger charge is -2.35. The van der Waals surface area contributed by atoms with E-state index in [0.29, 0.717) is 5.41 Å². The molecule has 0 radical (unpaired) electrons. The quantitative estimate of drug-likeness (QED) is 0.857. The minimum absolute atomic E-state index is 0.236. The molecule has 3 rings (SSSR count). The van der Waals surface area contributed by atoms with Crippen molar-refractivity contribution in [2.75, 3.05) is 0 Å². The molecular weight excluding hydrogens is 244 g/mol. The number of aromatic nitrogens is 1. The van der Waals surface area contributed by atoms with Gasteiger partial charge in [-0.15, -0.1) is 0 Å². The number of hydrogen-bond acceptors (Lipinski definition) is 1. The molecule has 0 amide bonds. The fourth-order valence-electron chi connectivity index (χ4n) is 4.47. The Hall–Kier alpha value is -0.760. The number of nitrogens with two attached hydrogens (primary N) is 1. The van der Waals surface area contributed by atoms with E-state index in [0.717, 1.165) is 18.3 Å². The Labute approximate surface area is 123 Å². The predicted octanol–water partition coefficient (Wildman–Crippen LogP) is 4.29. The molecule has 2 heteroatoms. The summed E-state index contributed by atoms with van der Waals surface area (Å²) in [7, 11) is 0. The Bertz CT molecular complexity index is 472. The molecule has 0 saturated heterocycles. The van der Waals surface area contributed by atoms with E-state index >= 15 is 0 Å². The van der Waals surface area contributed by atoms with Gasteiger partial charge >= 0.3 is 0 Å². The molecule has 1 fully saturated rings. The van der Waals surface area contributed by atoms with Gasteiger partial charge in [0, 0.05) is 24.5 Å². The van der Waals surface area contributed by atoms with E-state index in [-0.39, 0.29) is 6.04 Å². The molecule has 2 N–H and O–H groups in total. The Balaban J connectivity index is 1.78. The first-order chi connectivity index (χ1) is 9.44. The minimum Gasteiger partial charge on any atom is -0.351 e. The molecule has 0 aromatic carbocycles. The summed E-state index contributed by atoms with van der Waals surface area (Å²) in [5.74, 6) is 1.79. The van der Waals surface area contributed by atoms with Gasteiger partial charge in [-0.1, -0.05) is 33.6 Å². The van der Waals surface area contributed by atoms with E-state index in [2.05, 4.69) is 37.6 Å². The van der Waals surface area contributed by atoms with E-state index < -0.39 is 0 Å². The lowest BCUT2D eigenvalue weighted by molar-refractivity contribution is 0.243. The van der Waals surface area contributed by atoms with Gasteiger partial charge in [-0.25, -0.2) is 0 Å². The minimum atomic E-state index is 0.236. The molecule has 20 heavy (non-hydrogen) atoms. The van der Waals surface area contributed by atoms with Crippen molar-refractivity contribution in [2.24, 2.45) is 23.0 Å². The summed E-state index contributed by atoms with van der Waals surface area (Å²) in [4.78, 5) is 0. The Morgan fingerprint density at radius 1 is 1.35 bits per heavy atom. The van der Waals surface area contributed by atoms with Crippen LogP contribution in [-0.2, 0) is 13.0 Å². The Morgan fingerprint density at radius 2 is 2.15 bits per heavy atom. The summed E-state index contributed by atoms with van der Waals surface area (Å²) < 4.78 is 2.53. The van der Waals surface area contributed by atoms with E-state index in [1.807, 2.05) is 0 Å². The number of nitrogens with zero attached hydrogens (tertiary/aromatic N) is 1. The molecule has 0 aliphatic heterocycles. The standard InChI is InChI=1S/C18H30N2/c1-13-5-4-6-14(9-13)12-20-8-7-15-16(19)10-18(2,3)11-17(15)20/h7-8,13-14,16H,4-6,9-12,19H2,1-3H3. The fourth-order valence-corrected chi connectivity index (χ4v) is 4.47. The molecule has 1 heterocycles. The second kappa shape index (κ2) is 5.22. The van der Waals surface area contributed by atoms with Crippen LogP contribution in [-0.4, -0.2) is 4.57 Å². The molecule has 0 spiro atoms. The fraction of sp³-hybridized carbons (Fsp3) is 0.778. The second-order valence-corrected chi connectivity index (χ2v) is 8.16. The topological polar surface area (TPSA) is 30.9 Å². The van der Waals surface area contributed by atoms with Crippen LogP contribution in [0.5, 0.6) is 0 Å². The third-order valence-corrected chi connectivity index (χ3v) is 5.43. The van der Waals surface area contributed by atoms with Gasteiger partial charge in [0.15, 0.2) is 0 Å². The van der Waals surface area contributed by atoms with Crippen LogP contribution in [0.15, 0.2) is 12.3 Å². The van der Waals surface area contributed by atoms with E-state index in [9.17, 15) is 0 Å². The van der Waals surface area contributed by atoms with Crippen molar-refractivity contribution >= 4 is 0 Å². The van der Waals surface area contributed by atoms with Gasteiger partial charge in [0.1, 0.15) is 0 Å². The van der Waals surface area contributed by atoms with Gasteiger partial charge in [-0.2, -0.15) is 0 Å².